The smallest absolute Gasteiger partial charge is 0.194 e. The first-order valence-corrected chi connectivity index (χ1v) is 5.76. The number of aromatic nitrogens is 3. The fourth-order valence-electron chi connectivity index (χ4n) is 1.81. The van der Waals surface area contributed by atoms with Gasteiger partial charge in [-0.1, -0.05) is 6.92 Å². The normalized spacial score (nSPS) is 11.0. The number of hydrogen-bond acceptors (Lipinski definition) is 3. The molecule has 0 bridgehead atoms. The van der Waals surface area contributed by atoms with E-state index in [0.29, 0.717) is 12.4 Å². The topological polar surface area (TPSA) is 50.9 Å². The van der Waals surface area contributed by atoms with Crippen molar-refractivity contribution in [2.75, 3.05) is 0 Å². The van der Waals surface area contributed by atoms with Crippen molar-refractivity contribution in [3.8, 4) is 11.4 Å². The third-order valence-electron chi connectivity index (χ3n) is 2.66. The Bertz CT molecular complexity index is 575. The van der Waals surface area contributed by atoms with E-state index >= 15 is 0 Å². The van der Waals surface area contributed by atoms with Gasteiger partial charge in [0.05, 0.1) is 0 Å². The molecule has 0 aliphatic carbocycles. The lowest BCUT2D eigenvalue weighted by Crippen LogP contribution is -2.06. The molecule has 0 saturated carbocycles. The van der Waals surface area contributed by atoms with Gasteiger partial charge in [-0.25, -0.2) is 13.2 Å². The van der Waals surface area contributed by atoms with Gasteiger partial charge in [0.15, 0.2) is 29.1 Å². The largest absolute Gasteiger partial charge is 0.388 e. The van der Waals surface area contributed by atoms with E-state index < -0.39 is 17.5 Å². The summed E-state index contributed by atoms with van der Waals surface area (Å²) in [5.41, 5.74) is 0.0806. The Kier molecular flexibility index (Phi) is 3.84. The summed E-state index contributed by atoms with van der Waals surface area (Å²) in [6.07, 6.45) is 0.726. The molecule has 19 heavy (non-hydrogen) atoms. The molecule has 2 aromatic rings. The standard InChI is InChI=1S/C12H12F3N3O/c1-2-3-18-10(6-19)16-17-12(18)7-4-8(13)11(15)9(14)5-7/h4-5,19H,2-3,6H2,1H3. The molecule has 4 nitrogen and oxygen atoms in total. The highest BCUT2D eigenvalue weighted by molar-refractivity contribution is 5.55. The number of nitrogens with zero attached hydrogens (tertiary/aromatic N) is 3. The first-order chi connectivity index (χ1) is 9.08. The average Bonchev–Trinajstić information content (AvgIpc) is 2.79. The molecule has 0 spiro atoms. The summed E-state index contributed by atoms with van der Waals surface area (Å²) in [7, 11) is 0. The van der Waals surface area contributed by atoms with Crippen molar-refractivity contribution in [3.63, 3.8) is 0 Å². The molecule has 102 valence electrons. The lowest BCUT2D eigenvalue weighted by atomic mass is 10.2. The molecule has 1 aromatic carbocycles. The molecule has 1 heterocycles. The van der Waals surface area contributed by atoms with Gasteiger partial charge in [0.25, 0.3) is 0 Å². The highest BCUT2D eigenvalue weighted by Crippen LogP contribution is 2.23. The Hall–Kier alpha value is -1.89. The summed E-state index contributed by atoms with van der Waals surface area (Å²) in [6.45, 7) is 2.05. The highest BCUT2D eigenvalue weighted by Gasteiger charge is 2.17. The van der Waals surface area contributed by atoms with Crippen LogP contribution in [0.3, 0.4) is 0 Å². The van der Waals surface area contributed by atoms with Crippen LogP contribution in [0.4, 0.5) is 13.2 Å². The van der Waals surface area contributed by atoms with Crippen molar-refractivity contribution < 1.29 is 18.3 Å². The van der Waals surface area contributed by atoms with E-state index in [1.807, 2.05) is 6.92 Å². The minimum atomic E-state index is -1.52. The van der Waals surface area contributed by atoms with Gasteiger partial charge < -0.3 is 9.67 Å². The molecule has 0 atom stereocenters. The molecule has 0 unspecified atom stereocenters. The maximum atomic E-state index is 13.2. The van der Waals surface area contributed by atoms with Crippen LogP contribution in [-0.4, -0.2) is 19.9 Å². The van der Waals surface area contributed by atoms with E-state index in [1.165, 1.54) is 0 Å². The van der Waals surface area contributed by atoms with Gasteiger partial charge in [-0.3, -0.25) is 0 Å². The molecule has 2 rings (SSSR count). The van der Waals surface area contributed by atoms with Crippen LogP contribution >= 0.6 is 0 Å². The van der Waals surface area contributed by atoms with Gasteiger partial charge >= 0.3 is 0 Å². The van der Waals surface area contributed by atoms with Crippen molar-refractivity contribution in [3.05, 3.63) is 35.4 Å². The minimum Gasteiger partial charge on any atom is -0.388 e. The monoisotopic (exact) mass is 271 g/mol. The van der Waals surface area contributed by atoms with Crippen LogP contribution in [0.15, 0.2) is 12.1 Å². The van der Waals surface area contributed by atoms with Crippen LogP contribution in [0.5, 0.6) is 0 Å². The molecule has 0 aliphatic rings. The van der Waals surface area contributed by atoms with Crippen molar-refractivity contribution in [1.82, 2.24) is 14.8 Å². The lowest BCUT2D eigenvalue weighted by molar-refractivity contribution is 0.264. The average molecular weight is 271 g/mol. The minimum absolute atomic E-state index is 0.0806. The molecule has 0 fully saturated rings. The van der Waals surface area contributed by atoms with E-state index in [2.05, 4.69) is 10.2 Å². The number of benzene rings is 1. The number of rotatable bonds is 4. The summed E-state index contributed by atoms with van der Waals surface area (Å²) >= 11 is 0. The molecule has 0 amide bonds. The maximum absolute atomic E-state index is 13.2. The van der Waals surface area contributed by atoms with Gasteiger partial charge in [0.2, 0.25) is 0 Å². The van der Waals surface area contributed by atoms with E-state index in [4.69, 9.17) is 5.11 Å². The van der Waals surface area contributed by atoms with Crippen LogP contribution in [-0.2, 0) is 13.2 Å². The molecular formula is C12H12F3N3O. The predicted octanol–water partition coefficient (Wildman–Crippen LogP) is 2.26. The van der Waals surface area contributed by atoms with E-state index in [1.54, 1.807) is 4.57 Å². The Morgan fingerprint density at radius 3 is 2.32 bits per heavy atom. The van der Waals surface area contributed by atoms with Crippen molar-refractivity contribution in [2.24, 2.45) is 0 Å². The van der Waals surface area contributed by atoms with Crippen molar-refractivity contribution in [1.29, 1.82) is 0 Å². The van der Waals surface area contributed by atoms with Gasteiger partial charge in [0.1, 0.15) is 6.61 Å². The first-order valence-electron chi connectivity index (χ1n) is 5.76. The number of halogens is 3. The third kappa shape index (κ3) is 2.46. The summed E-state index contributed by atoms with van der Waals surface area (Å²) in [5, 5.41) is 16.6. The number of aliphatic hydroxyl groups is 1. The highest BCUT2D eigenvalue weighted by atomic mass is 19.2. The van der Waals surface area contributed by atoms with Crippen molar-refractivity contribution in [2.45, 2.75) is 26.5 Å². The second-order valence-electron chi connectivity index (χ2n) is 4.00. The molecule has 1 N–H and O–H groups in total. The van der Waals surface area contributed by atoms with E-state index in [-0.39, 0.29) is 18.0 Å². The first kappa shape index (κ1) is 13.5. The fraction of sp³-hybridized carbons (Fsp3) is 0.333. The third-order valence-corrected chi connectivity index (χ3v) is 2.66. The fourth-order valence-corrected chi connectivity index (χ4v) is 1.81. The van der Waals surface area contributed by atoms with Crippen LogP contribution in [0, 0.1) is 17.5 Å². The SMILES string of the molecule is CCCn1c(CO)nnc1-c1cc(F)c(F)c(F)c1. The lowest BCUT2D eigenvalue weighted by Gasteiger charge is -2.08. The van der Waals surface area contributed by atoms with Gasteiger partial charge in [0, 0.05) is 12.1 Å². The summed E-state index contributed by atoms with van der Waals surface area (Å²) in [5.74, 6) is -3.60. The van der Waals surface area contributed by atoms with Crippen LogP contribution in [0.2, 0.25) is 0 Å². The molecule has 0 aliphatic heterocycles. The van der Waals surface area contributed by atoms with Crippen LogP contribution < -0.4 is 0 Å². The zero-order chi connectivity index (χ0) is 14.0. The summed E-state index contributed by atoms with van der Waals surface area (Å²) in [4.78, 5) is 0. The predicted molar refractivity (Wildman–Crippen MR) is 61.5 cm³/mol. The Labute approximate surface area is 107 Å². The zero-order valence-corrected chi connectivity index (χ0v) is 10.2. The summed E-state index contributed by atoms with van der Waals surface area (Å²) in [6, 6.07) is 1.71. The molecule has 1 aromatic heterocycles. The Morgan fingerprint density at radius 1 is 1.16 bits per heavy atom. The second kappa shape index (κ2) is 5.40. The molecule has 0 radical (unpaired) electrons. The van der Waals surface area contributed by atoms with Gasteiger partial charge in [-0.05, 0) is 18.6 Å². The summed E-state index contributed by atoms with van der Waals surface area (Å²) < 4.78 is 40.9. The molecular weight excluding hydrogens is 259 g/mol. The molecule has 7 heteroatoms. The maximum Gasteiger partial charge on any atom is 0.194 e. The van der Waals surface area contributed by atoms with E-state index in [0.717, 1.165) is 18.6 Å². The molecule has 0 saturated heterocycles. The zero-order valence-electron chi connectivity index (χ0n) is 10.2. The Morgan fingerprint density at radius 2 is 1.79 bits per heavy atom. The van der Waals surface area contributed by atoms with Crippen LogP contribution in [0.25, 0.3) is 11.4 Å². The van der Waals surface area contributed by atoms with Gasteiger partial charge in [-0.15, -0.1) is 10.2 Å². The quantitative estimate of drug-likeness (QED) is 0.868. The van der Waals surface area contributed by atoms with Crippen LogP contribution in [0.1, 0.15) is 19.2 Å². The Balaban J connectivity index is 2.55. The van der Waals surface area contributed by atoms with Gasteiger partial charge in [-0.2, -0.15) is 0 Å². The second-order valence-corrected chi connectivity index (χ2v) is 4.00. The van der Waals surface area contributed by atoms with Crippen molar-refractivity contribution >= 4 is 0 Å². The number of hydrogen-bond donors (Lipinski definition) is 1. The number of aliphatic hydroxyl groups excluding tert-OH is 1. The van der Waals surface area contributed by atoms with E-state index in [9.17, 15) is 13.2 Å².